The summed E-state index contributed by atoms with van der Waals surface area (Å²) in [5.41, 5.74) is 1.55. The number of nitriles is 1. The molecule has 0 unspecified atom stereocenters. The molecule has 5 nitrogen and oxygen atoms in total. The fourth-order valence-corrected chi connectivity index (χ4v) is 3.02. The fraction of sp³-hybridized carbons (Fsp3) is 0.150. The summed E-state index contributed by atoms with van der Waals surface area (Å²) in [6.07, 6.45) is 1.54. The van der Waals surface area contributed by atoms with Gasteiger partial charge in [-0.3, -0.25) is 4.79 Å². The molecule has 0 saturated heterocycles. The van der Waals surface area contributed by atoms with Gasteiger partial charge in [0.15, 0.2) is 0 Å². The second kappa shape index (κ2) is 8.31. The minimum absolute atomic E-state index is 0.146. The molecule has 0 aliphatic rings. The summed E-state index contributed by atoms with van der Waals surface area (Å²) in [5, 5.41) is 8.81. The van der Waals surface area contributed by atoms with Gasteiger partial charge in [0.1, 0.15) is 40.2 Å². The molecule has 8 heteroatoms. The first kappa shape index (κ1) is 19.7. The largest absolute Gasteiger partial charge is 0.487 e. The van der Waals surface area contributed by atoms with Gasteiger partial charge in [0.2, 0.25) is 0 Å². The Morgan fingerprint density at radius 1 is 1.25 bits per heavy atom. The van der Waals surface area contributed by atoms with Crippen LogP contribution in [0.2, 0.25) is 0 Å². The molecule has 1 aromatic carbocycles. The van der Waals surface area contributed by atoms with Crippen molar-refractivity contribution in [3.63, 3.8) is 0 Å². The van der Waals surface area contributed by atoms with Gasteiger partial charge >= 0.3 is 0 Å². The lowest BCUT2D eigenvalue weighted by molar-refractivity contribution is 0.296. The minimum Gasteiger partial charge on any atom is -0.487 e. The first-order valence-corrected chi connectivity index (χ1v) is 9.00. The Kier molecular flexibility index (Phi) is 5.85. The molecule has 0 radical (unpaired) electrons. The van der Waals surface area contributed by atoms with Crippen LogP contribution < -0.4 is 10.3 Å². The summed E-state index contributed by atoms with van der Waals surface area (Å²) in [6.45, 7) is 1.87. The Hall–Kier alpha value is -3.05. The number of hydrogen-bond acceptors (Lipinski definition) is 4. The molecule has 2 aromatic heterocycles. The average Bonchev–Trinajstić information content (AvgIpc) is 2.68. The molecule has 0 N–H and O–H groups in total. The highest BCUT2D eigenvalue weighted by atomic mass is 79.9. The number of aryl methyl sites for hydroxylation is 1. The number of rotatable bonds is 5. The third-order valence-electron chi connectivity index (χ3n) is 4.09. The molecule has 3 rings (SSSR count). The van der Waals surface area contributed by atoms with Gasteiger partial charge in [0.05, 0.1) is 6.54 Å². The number of benzene rings is 1. The van der Waals surface area contributed by atoms with E-state index in [1.54, 1.807) is 31.3 Å². The molecule has 0 bridgehead atoms. The van der Waals surface area contributed by atoms with E-state index in [0.717, 1.165) is 17.7 Å². The van der Waals surface area contributed by atoms with Crippen LogP contribution in [0.3, 0.4) is 0 Å². The fourth-order valence-electron chi connectivity index (χ4n) is 2.58. The highest BCUT2D eigenvalue weighted by Gasteiger charge is 2.14. The second-order valence-electron chi connectivity index (χ2n) is 6.04. The molecule has 2 heterocycles. The Morgan fingerprint density at radius 2 is 2.04 bits per heavy atom. The summed E-state index contributed by atoms with van der Waals surface area (Å²) in [6, 6.07) is 10.1. The standard InChI is InChI=1S/C20H14BrF2N3O2/c1-12-6-18(28-11-14-3-4-15(22)7-17(14)23)19(21)20(27)26(12)10-13-2-5-16(8-24)25-9-13/h2-7,9H,10-11H2,1H3. The van der Waals surface area contributed by atoms with Crippen molar-refractivity contribution < 1.29 is 13.5 Å². The van der Waals surface area contributed by atoms with Gasteiger partial charge in [-0.15, -0.1) is 0 Å². The quantitative estimate of drug-likeness (QED) is 0.592. The van der Waals surface area contributed by atoms with Crippen LogP contribution in [0.15, 0.2) is 51.9 Å². The Morgan fingerprint density at radius 3 is 2.68 bits per heavy atom. The van der Waals surface area contributed by atoms with Crippen LogP contribution in [0.5, 0.6) is 5.75 Å². The summed E-state index contributed by atoms with van der Waals surface area (Å²) in [4.78, 5) is 16.7. The molecule has 3 aromatic rings. The van der Waals surface area contributed by atoms with Gasteiger partial charge in [-0.2, -0.15) is 5.26 Å². The van der Waals surface area contributed by atoms with Crippen molar-refractivity contribution in [3.8, 4) is 11.8 Å². The number of ether oxygens (including phenoxy) is 1. The molecule has 142 valence electrons. The first-order valence-electron chi connectivity index (χ1n) is 8.20. The highest BCUT2D eigenvalue weighted by Crippen LogP contribution is 2.24. The van der Waals surface area contributed by atoms with E-state index in [0.29, 0.717) is 11.4 Å². The number of pyridine rings is 2. The zero-order chi connectivity index (χ0) is 20.3. The molecule has 0 saturated carbocycles. The zero-order valence-corrected chi connectivity index (χ0v) is 16.3. The summed E-state index contributed by atoms with van der Waals surface area (Å²) in [5.74, 6) is -1.12. The SMILES string of the molecule is Cc1cc(OCc2ccc(F)cc2F)c(Br)c(=O)n1Cc1ccc(C#N)nc1. The van der Waals surface area contributed by atoms with Crippen LogP contribution in [0, 0.1) is 29.9 Å². The first-order chi connectivity index (χ1) is 13.4. The zero-order valence-electron chi connectivity index (χ0n) is 14.7. The van der Waals surface area contributed by atoms with Crippen LogP contribution in [-0.4, -0.2) is 9.55 Å². The molecule has 0 fully saturated rings. The van der Waals surface area contributed by atoms with E-state index in [2.05, 4.69) is 20.9 Å². The van der Waals surface area contributed by atoms with E-state index < -0.39 is 11.6 Å². The number of nitrogens with zero attached hydrogens (tertiary/aromatic N) is 3. The van der Waals surface area contributed by atoms with E-state index in [1.807, 2.05) is 6.07 Å². The molecule has 0 aliphatic heterocycles. The van der Waals surface area contributed by atoms with Crippen molar-refractivity contribution in [2.24, 2.45) is 0 Å². The van der Waals surface area contributed by atoms with E-state index in [1.165, 1.54) is 10.6 Å². The minimum atomic E-state index is -0.713. The Bertz CT molecular complexity index is 1120. The van der Waals surface area contributed by atoms with Crippen molar-refractivity contribution in [2.45, 2.75) is 20.1 Å². The van der Waals surface area contributed by atoms with E-state index in [4.69, 9.17) is 10.00 Å². The highest BCUT2D eigenvalue weighted by molar-refractivity contribution is 9.10. The van der Waals surface area contributed by atoms with Gasteiger partial charge in [0.25, 0.3) is 5.56 Å². The summed E-state index contributed by atoms with van der Waals surface area (Å²) in [7, 11) is 0. The molecular weight excluding hydrogens is 432 g/mol. The third-order valence-corrected chi connectivity index (χ3v) is 4.82. The summed E-state index contributed by atoms with van der Waals surface area (Å²) < 4.78 is 34.0. The lowest BCUT2D eigenvalue weighted by Gasteiger charge is -2.15. The number of aromatic nitrogens is 2. The van der Waals surface area contributed by atoms with Crippen LogP contribution in [0.1, 0.15) is 22.5 Å². The van der Waals surface area contributed by atoms with Crippen molar-refractivity contribution >= 4 is 15.9 Å². The van der Waals surface area contributed by atoms with Gasteiger partial charge < -0.3 is 9.30 Å². The molecule has 0 amide bonds. The van der Waals surface area contributed by atoms with Crippen molar-refractivity contribution in [1.82, 2.24) is 9.55 Å². The maximum absolute atomic E-state index is 13.7. The van der Waals surface area contributed by atoms with Crippen LogP contribution in [0.4, 0.5) is 8.78 Å². The van der Waals surface area contributed by atoms with Gasteiger partial charge in [-0.1, -0.05) is 6.07 Å². The lowest BCUT2D eigenvalue weighted by atomic mass is 10.2. The molecule has 28 heavy (non-hydrogen) atoms. The van der Waals surface area contributed by atoms with Gasteiger partial charge in [0, 0.05) is 29.6 Å². The maximum Gasteiger partial charge on any atom is 0.269 e. The number of hydrogen-bond donors (Lipinski definition) is 0. The maximum atomic E-state index is 13.7. The molecular formula is C20H14BrF2N3O2. The Balaban J connectivity index is 1.83. The predicted molar refractivity (Wildman–Crippen MR) is 102 cm³/mol. The van der Waals surface area contributed by atoms with Gasteiger partial charge in [-0.05, 0) is 46.6 Å². The monoisotopic (exact) mass is 445 g/mol. The van der Waals surface area contributed by atoms with Crippen LogP contribution in [-0.2, 0) is 13.2 Å². The second-order valence-corrected chi connectivity index (χ2v) is 6.84. The van der Waals surface area contributed by atoms with E-state index in [9.17, 15) is 13.6 Å². The average molecular weight is 446 g/mol. The predicted octanol–water partition coefficient (Wildman–Crippen LogP) is 4.09. The normalized spacial score (nSPS) is 10.5. The van der Waals surface area contributed by atoms with Crippen molar-refractivity contribution in [2.75, 3.05) is 0 Å². The molecule has 0 atom stereocenters. The van der Waals surface area contributed by atoms with Gasteiger partial charge in [-0.25, -0.2) is 13.8 Å². The molecule has 0 aliphatic carbocycles. The van der Waals surface area contributed by atoms with Crippen LogP contribution >= 0.6 is 15.9 Å². The lowest BCUT2D eigenvalue weighted by Crippen LogP contribution is -2.24. The topological polar surface area (TPSA) is 67.9 Å². The Labute approximate surface area is 168 Å². The van der Waals surface area contributed by atoms with Crippen molar-refractivity contribution in [1.29, 1.82) is 5.26 Å². The smallest absolute Gasteiger partial charge is 0.269 e. The van der Waals surface area contributed by atoms with E-state index >= 15 is 0 Å². The molecule has 0 spiro atoms. The summed E-state index contributed by atoms with van der Waals surface area (Å²) >= 11 is 3.23. The van der Waals surface area contributed by atoms with Crippen LogP contribution in [0.25, 0.3) is 0 Å². The van der Waals surface area contributed by atoms with Crippen molar-refractivity contribution in [3.05, 3.63) is 91.6 Å². The third kappa shape index (κ3) is 4.26. The van der Waals surface area contributed by atoms with E-state index in [-0.39, 0.29) is 34.5 Å². The number of halogens is 3.